The van der Waals surface area contributed by atoms with E-state index in [9.17, 15) is 0 Å². The molecule has 0 amide bonds. The first-order chi connectivity index (χ1) is 3.50. The molecule has 1 heteroatoms. The van der Waals surface area contributed by atoms with E-state index in [1.54, 1.807) is 0 Å². The van der Waals surface area contributed by atoms with Crippen LogP contribution >= 0.6 is 0 Å². The van der Waals surface area contributed by atoms with Gasteiger partial charge in [-0.1, -0.05) is 5.92 Å². The molecule has 38 valence electrons. The van der Waals surface area contributed by atoms with E-state index in [1.807, 2.05) is 0 Å². The van der Waals surface area contributed by atoms with Crippen LogP contribution in [0.1, 0.15) is 19.3 Å². The van der Waals surface area contributed by atoms with E-state index in [-0.39, 0.29) is 0 Å². The number of hydrogen-bond acceptors (Lipinski definition) is 1. The van der Waals surface area contributed by atoms with Crippen LogP contribution in [0.25, 0.3) is 0 Å². The van der Waals surface area contributed by atoms with Gasteiger partial charge >= 0.3 is 0 Å². The second-order valence-corrected chi connectivity index (χ2v) is 1.69. The van der Waals surface area contributed by atoms with Gasteiger partial charge < -0.3 is 5.32 Å². The third-order valence-corrected chi connectivity index (χ3v) is 1.03. The van der Waals surface area contributed by atoms with Crippen molar-refractivity contribution >= 4 is 0 Å². The summed E-state index contributed by atoms with van der Waals surface area (Å²) in [5.41, 5.74) is 0. The van der Waals surface area contributed by atoms with E-state index < -0.39 is 0 Å². The molecule has 0 bridgehead atoms. The molecule has 0 fully saturated rings. The zero-order chi connectivity index (χ0) is 4.95. The maximum Gasteiger partial charge on any atom is 0.0229 e. The lowest BCUT2D eigenvalue weighted by atomic mass is 10.2. The molecule has 0 unspecified atom stereocenters. The number of rotatable bonds is 0. The topological polar surface area (TPSA) is 12.0 Å². The summed E-state index contributed by atoms with van der Waals surface area (Å²) in [6, 6.07) is 2.85. The van der Waals surface area contributed by atoms with Crippen LogP contribution in [-0.2, 0) is 0 Å². The van der Waals surface area contributed by atoms with Crippen LogP contribution in [0.2, 0.25) is 0 Å². The third-order valence-electron chi connectivity index (χ3n) is 1.03. The Labute approximate surface area is 44.1 Å². The molecule has 1 rings (SSSR count). The maximum atomic E-state index is 2.99. The summed E-state index contributed by atoms with van der Waals surface area (Å²) in [6.07, 6.45) is 3.60. The second kappa shape index (κ2) is 2.52. The summed E-state index contributed by atoms with van der Waals surface area (Å²) in [6.45, 7) is 1.08. The minimum atomic E-state index is 1.08. The Balaban J connectivity index is 2.26. The van der Waals surface area contributed by atoms with Crippen molar-refractivity contribution in [1.29, 1.82) is 0 Å². The molecule has 0 saturated heterocycles. The van der Waals surface area contributed by atoms with E-state index in [0.717, 1.165) is 13.0 Å². The smallest absolute Gasteiger partial charge is 0.0229 e. The Hall–Kier alpha value is -0.640. The molecule has 0 saturated carbocycles. The third kappa shape index (κ3) is 1.50. The summed E-state index contributed by atoms with van der Waals surface area (Å²) in [7, 11) is 0. The van der Waals surface area contributed by atoms with Gasteiger partial charge in [0, 0.05) is 19.0 Å². The van der Waals surface area contributed by atoms with Gasteiger partial charge in [-0.25, -0.2) is 0 Å². The van der Waals surface area contributed by atoms with Crippen LogP contribution in [0.5, 0.6) is 0 Å². The number of hydrogen-bond donors (Lipinski definition) is 1. The van der Waals surface area contributed by atoms with Gasteiger partial charge in [-0.05, 0) is 12.8 Å². The second-order valence-electron chi connectivity index (χ2n) is 1.69. The highest BCUT2D eigenvalue weighted by atomic mass is 14.8. The summed E-state index contributed by atoms with van der Waals surface area (Å²) in [5, 5.41) is 2.99. The average molecular weight is 95.1 g/mol. The van der Waals surface area contributed by atoms with E-state index in [0.29, 0.717) is 0 Å². The molecular formula is C6H9N. The van der Waals surface area contributed by atoms with Crippen LogP contribution in [-0.4, -0.2) is 6.54 Å². The SMILES string of the molecule is C1#CNCCCC1. The zero-order valence-corrected chi connectivity index (χ0v) is 4.33. The van der Waals surface area contributed by atoms with Gasteiger partial charge in [-0.15, -0.1) is 0 Å². The highest BCUT2D eigenvalue weighted by Crippen LogP contribution is 1.92. The molecule has 0 spiro atoms. The molecule has 0 aromatic heterocycles. The minimum absolute atomic E-state index is 1.08. The van der Waals surface area contributed by atoms with Gasteiger partial charge in [-0.3, -0.25) is 0 Å². The summed E-state index contributed by atoms with van der Waals surface area (Å²) >= 11 is 0. The van der Waals surface area contributed by atoms with Gasteiger partial charge in [0.2, 0.25) is 0 Å². The largest absolute Gasteiger partial charge is 0.346 e. The molecule has 1 N–H and O–H groups in total. The minimum Gasteiger partial charge on any atom is -0.346 e. The fourth-order valence-electron chi connectivity index (χ4n) is 0.614. The van der Waals surface area contributed by atoms with Crippen LogP contribution in [0.4, 0.5) is 0 Å². The summed E-state index contributed by atoms with van der Waals surface area (Å²) < 4.78 is 0. The molecular weight excluding hydrogens is 86.1 g/mol. The maximum absolute atomic E-state index is 2.99. The Morgan fingerprint density at radius 1 is 1.29 bits per heavy atom. The van der Waals surface area contributed by atoms with Crippen molar-refractivity contribution in [3.63, 3.8) is 0 Å². The quantitative estimate of drug-likeness (QED) is 0.437. The Bertz CT molecular complexity index is 86.5. The van der Waals surface area contributed by atoms with Crippen molar-refractivity contribution in [2.75, 3.05) is 6.54 Å². The average Bonchev–Trinajstić information content (AvgIpc) is 1.90. The molecule has 1 heterocycles. The lowest BCUT2D eigenvalue weighted by Gasteiger charge is -1.89. The van der Waals surface area contributed by atoms with E-state index in [4.69, 9.17) is 0 Å². The molecule has 0 aromatic rings. The van der Waals surface area contributed by atoms with Crippen LogP contribution in [0.3, 0.4) is 0 Å². The van der Waals surface area contributed by atoms with Crippen molar-refractivity contribution in [1.82, 2.24) is 5.32 Å². The fraction of sp³-hybridized carbons (Fsp3) is 0.667. The van der Waals surface area contributed by atoms with Crippen LogP contribution in [0, 0.1) is 12.0 Å². The highest BCUT2D eigenvalue weighted by Gasteiger charge is 1.86. The first-order valence-electron chi connectivity index (χ1n) is 2.71. The van der Waals surface area contributed by atoms with Crippen LogP contribution in [0.15, 0.2) is 0 Å². The first kappa shape index (κ1) is 4.52. The predicted octanol–water partition coefficient (Wildman–Crippen LogP) is 0.721. The molecule has 0 radical (unpaired) electrons. The Morgan fingerprint density at radius 2 is 2.29 bits per heavy atom. The first-order valence-corrected chi connectivity index (χ1v) is 2.71. The molecule has 1 aliphatic rings. The van der Waals surface area contributed by atoms with E-state index >= 15 is 0 Å². The van der Waals surface area contributed by atoms with E-state index in [1.165, 1.54) is 12.8 Å². The van der Waals surface area contributed by atoms with Crippen molar-refractivity contribution in [2.24, 2.45) is 0 Å². The Kier molecular flexibility index (Phi) is 1.63. The molecule has 1 nitrogen and oxygen atoms in total. The molecule has 1 aliphatic heterocycles. The summed E-state index contributed by atoms with van der Waals surface area (Å²) in [5.74, 6) is 2.99. The van der Waals surface area contributed by atoms with Gasteiger partial charge in [0.1, 0.15) is 0 Å². The standard InChI is InChI=1S/C6H9N/c1-2-4-6-7-5-3-1/h7H,1-3,5H2. The molecule has 0 atom stereocenters. The molecule has 0 aromatic carbocycles. The normalized spacial score (nSPS) is 18.3. The van der Waals surface area contributed by atoms with Crippen molar-refractivity contribution in [2.45, 2.75) is 19.3 Å². The van der Waals surface area contributed by atoms with Crippen molar-refractivity contribution in [3.05, 3.63) is 0 Å². The lowest BCUT2D eigenvalue weighted by molar-refractivity contribution is 0.736. The van der Waals surface area contributed by atoms with Gasteiger partial charge in [0.25, 0.3) is 0 Å². The monoisotopic (exact) mass is 95.1 g/mol. The van der Waals surface area contributed by atoms with Crippen molar-refractivity contribution in [3.8, 4) is 12.0 Å². The molecule has 7 heavy (non-hydrogen) atoms. The van der Waals surface area contributed by atoms with Gasteiger partial charge in [0.05, 0.1) is 0 Å². The Morgan fingerprint density at radius 3 is 3.29 bits per heavy atom. The zero-order valence-electron chi connectivity index (χ0n) is 4.33. The highest BCUT2D eigenvalue weighted by molar-refractivity contribution is 4.98. The fourth-order valence-corrected chi connectivity index (χ4v) is 0.614. The van der Waals surface area contributed by atoms with Gasteiger partial charge in [-0.2, -0.15) is 0 Å². The number of nitrogens with one attached hydrogen (secondary N) is 1. The van der Waals surface area contributed by atoms with E-state index in [2.05, 4.69) is 17.3 Å². The lowest BCUT2D eigenvalue weighted by Crippen LogP contribution is -2.04. The van der Waals surface area contributed by atoms with Crippen LogP contribution < -0.4 is 5.32 Å². The van der Waals surface area contributed by atoms with Gasteiger partial charge in [0.15, 0.2) is 0 Å². The summed E-state index contributed by atoms with van der Waals surface area (Å²) in [4.78, 5) is 0. The predicted molar refractivity (Wildman–Crippen MR) is 29.6 cm³/mol. The molecule has 0 aliphatic carbocycles. The van der Waals surface area contributed by atoms with Crippen molar-refractivity contribution < 1.29 is 0 Å².